The number of anilines is 1. The highest BCUT2D eigenvalue weighted by atomic mass is 32.1. The van der Waals surface area contributed by atoms with Gasteiger partial charge in [-0.3, -0.25) is 4.98 Å². The largest absolute Gasteiger partial charge is 0.462 e. The van der Waals surface area contributed by atoms with E-state index in [1.807, 2.05) is 17.5 Å². The average molecular weight is 263 g/mol. The Hall–Kier alpha value is -1.92. The van der Waals surface area contributed by atoms with E-state index in [-0.39, 0.29) is 5.97 Å². The second-order valence-electron chi connectivity index (χ2n) is 3.45. The van der Waals surface area contributed by atoms with Crippen molar-refractivity contribution >= 4 is 22.3 Å². The van der Waals surface area contributed by atoms with Gasteiger partial charge < -0.3 is 10.2 Å². The Bertz CT molecular complexity index is 540. The number of nitrogens with one attached hydrogen (secondary N) is 1. The molecule has 0 radical (unpaired) electrons. The maximum atomic E-state index is 12.0. The Morgan fingerprint density at radius 2 is 2.22 bits per heavy atom. The molecule has 0 fully saturated rings. The molecule has 2 rings (SSSR count). The lowest BCUT2D eigenvalue weighted by Crippen LogP contribution is -2.12. The van der Waals surface area contributed by atoms with Crippen molar-refractivity contribution in [2.75, 3.05) is 12.0 Å². The second kappa shape index (κ2) is 5.61. The lowest BCUT2D eigenvalue weighted by Gasteiger charge is -2.06. The van der Waals surface area contributed by atoms with E-state index in [2.05, 4.69) is 10.4 Å². The Kier molecular flexibility index (Phi) is 3.91. The van der Waals surface area contributed by atoms with Crippen LogP contribution in [0, 0.1) is 0 Å². The molecular formula is C12H13N3O2S. The van der Waals surface area contributed by atoms with E-state index in [4.69, 9.17) is 10.6 Å². The Morgan fingerprint density at radius 3 is 2.83 bits per heavy atom. The number of hydrogen-bond acceptors (Lipinski definition) is 6. The van der Waals surface area contributed by atoms with Crippen LogP contribution < -0.4 is 11.3 Å². The van der Waals surface area contributed by atoms with Crippen LogP contribution in [0.3, 0.4) is 0 Å². The first-order valence-electron chi connectivity index (χ1n) is 5.43. The van der Waals surface area contributed by atoms with Crippen LogP contribution in [0.15, 0.2) is 29.9 Å². The summed E-state index contributed by atoms with van der Waals surface area (Å²) in [5, 5.41) is 2.47. The van der Waals surface area contributed by atoms with Crippen LogP contribution >= 0.6 is 11.3 Å². The van der Waals surface area contributed by atoms with Gasteiger partial charge in [0.15, 0.2) is 0 Å². The van der Waals surface area contributed by atoms with Crippen molar-refractivity contribution in [3.8, 4) is 11.1 Å². The minimum absolute atomic E-state index is 0.328. The molecule has 0 aliphatic carbocycles. The molecule has 0 saturated carbocycles. The van der Waals surface area contributed by atoms with Crippen LogP contribution in [0.5, 0.6) is 0 Å². The molecule has 94 valence electrons. The molecule has 2 aromatic heterocycles. The van der Waals surface area contributed by atoms with Gasteiger partial charge in [0.2, 0.25) is 0 Å². The zero-order chi connectivity index (χ0) is 13.0. The predicted molar refractivity (Wildman–Crippen MR) is 71.3 cm³/mol. The van der Waals surface area contributed by atoms with Gasteiger partial charge in [-0.15, -0.1) is 11.3 Å². The van der Waals surface area contributed by atoms with Gasteiger partial charge in [-0.25, -0.2) is 10.6 Å². The zero-order valence-electron chi connectivity index (χ0n) is 9.84. The quantitative estimate of drug-likeness (QED) is 0.502. The number of hydrogen-bond donors (Lipinski definition) is 2. The van der Waals surface area contributed by atoms with E-state index in [1.165, 1.54) is 11.3 Å². The molecule has 0 unspecified atom stereocenters. The van der Waals surface area contributed by atoms with Crippen molar-refractivity contribution in [2.45, 2.75) is 6.92 Å². The third-order valence-electron chi connectivity index (χ3n) is 2.39. The molecule has 3 N–H and O–H groups in total. The summed E-state index contributed by atoms with van der Waals surface area (Å²) in [6, 6.07) is 3.68. The summed E-state index contributed by atoms with van der Waals surface area (Å²) in [4.78, 5) is 15.9. The number of aromatic nitrogens is 1. The normalized spacial score (nSPS) is 10.1. The monoisotopic (exact) mass is 263 g/mol. The number of nitrogens with two attached hydrogens (primary N) is 1. The fraction of sp³-hybridized carbons (Fsp3) is 0.167. The summed E-state index contributed by atoms with van der Waals surface area (Å²) in [6.45, 7) is 2.10. The van der Waals surface area contributed by atoms with Gasteiger partial charge in [0.25, 0.3) is 0 Å². The molecule has 2 aromatic rings. The predicted octanol–water partition coefficient (Wildman–Crippen LogP) is 2.27. The summed E-state index contributed by atoms with van der Waals surface area (Å²) in [7, 11) is 0. The molecule has 0 bridgehead atoms. The Labute approximate surface area is 109 Å². The van der Waals surface area contributed by atoms with Crippen LogP contribution in [0.25, 0.3) is 11.1 Å². The maximum absolute atomic E-state index is 12.0. The lowest BCUT2D eigenvalue weighted by atomic mass is 10.1. The number of ether oxygens (including phenoxy) is 1. The fourth-order valence-electron chi connectivity index (χ4n) is 1.61. The van der Waals surface area contributed by atoms with Crippen molar-refractivity contribution in [2.24, 2.45) is 5.84 Å². The lowest BCUT2D eigenvalue weighted by molar-refractivity contribution is 0.0529. The number of rotatable bonds is 4. The van der Waals surface area contributed by atoms with Gasteiger partial charge in [0, 0.05) is 23.3 Å². The smallest absolute Gasteiger partial charge is 0.341 e. The van der Waals surface area contributed by atoms with Crippen LogP contribution in [0.4, 0.5) is 5.00 Å². The number of thiophene rings is 1. The Balaban J connectivity index is 2.49. The fourth-order valence-corrected chi connectivity index (χ4v) is 2.48. The second-order valence-corrected chi connectivity index (χ2v) is 4.33. The number of pyridine rings is 1. The molecule has 5 nitrogen and oxygen atoms in total. The van der Waals surface area contributed by atoms with Gasteiger partial charge >= 0.3 is 5.97 Å². The van der Waals surface area contributed by atoms with Crippen LogP contribution in [-0.2, 0) is 4.74 Å². The minimum Gasteiger partial charge on any atom is -0.462 e. The van der Waals surface area contributed by atoms with E-state index in [0.717, 1.165) is 11.1 Å². The standard InChI is InChI=1S/C12H13N3O2S/c1-2-17-12(16)10-9(7-18-11(10)15-13)8-3-5-14-6-4-8/h3-7,15H,2,13H2,1H3. The summed E-state index contributed by atoms with van der Waals surface area (Å²) in [6.07, 6.45) is 3.36. The van der Waals surface area contributed by atoms with Crippen LogP contribution in [0.1, 0.15) is 17.3 Å². The molecule has 18 heavy (non-hydrogen) atoms. The first-order valence-corrected chi connectivity index (χ1v) is 6.31. The van der Waals surface area contributed by atoms with Crippen molar-refractivity contribution in [3.05, 3.63) is 35.5 Å². The van der Waals surface area contributed by atoms with E-state index in [9.17, 15) is 4.79 Å². The maximum Gasteiger partial charge on any atom is 0.341 e. The van der Waals surface area contributed by atoms with Gasteiger partial charge in [0.1, 0.15) is 10.6 Å². The molecule has 0 spiro atoms. The number of hydrazine groups is 1. The first kappa shape index (κ1) is 12.5. The molecule has 0 amide bonds. The van der Waals surface area contributed by atoms with Gasteiger partial charge in [0.05, 0.1) is 6.61 Å². The Morgan fingerprint density at radius 1 is 1.50 bits per heavy atom. The molecule has 0 aliphatic rings. The highest BCUT2D eigenvalue weighted by Crippen LogP contribution is 2.35. The van der Waals surface area contributed by atoms with E-state index < -0.39 is 0 Å². The molecule has 0 saturated heterocycles. The van der Waals surface area contributed by atoms with Crippen LogP contribution in [-0.4, -0.2) is 17.6 Å². The molecule has 0 aliphatic heterocycles. The highest BCUT2D eigenvalue weighted by Gasteiger charge is 2.20. The van der Waals surface area contributed by atoms with E-state index >= 15 is 0 Å². The van der Waals surface area contributed by atoms with Gasteiger partial charge in [-0.2, -0.15) is 0 Å². The summed E-state index contributed by atoms with van der Waals surface area (Å²) in [5.41, 5.74) is 4.70. The van der Waals surface area contributed by atoms with Crippen molar-refractivity contribution in [1.29, 1.82) is 0 Å². The zero-order valence-corrected chi connectivity index (χ0v) is 10.7. The highest BCUT2D eigenvalue weighted by molar-refractivity contribution is 7.15. The number of nitrogen functional groups attached to an aromatic ring is 1. The average Bonchev–Trinajstić information content (AvgIpc) is 2.84. The van der Waals surface area contributed by atoms with E-state index in [1.54, 1.807) is 19.3 Å². The topological polar surface area (TPSA) is 77.2 Å². The summed E-state index contributed by atoms with van der Waals surface area (Å²) >= 11 is 1.37. The third kappa shape index (κ3) is 2.34. The van der Waals surface area contributed by atoms with Crippen molar-refractivity contribution in [1.82, 2.24) is 4.98 Å². The van der Waals surface area contributed by atoms with E-state index in [0.29, 0.717) is 17.2 Å². The molecule has 2 heterocycles. The molecular weight excluding hydrogens is 250 g/mol. The van der Waals surface area contributed by atoms with Gasteiger partial charge in [-0.1, -0.05) is 0 Å². The molecule has 0 atom stereocenters. The first-order chi connectivity index (χ1) is 8.77. The number of esters is 1. The van der Waals surface area contributed by atoms with Crippen molar-refractivity contribution < 1.29 is 9.53 Å². The summed E-state index contributed by atoms with van der Waals surface area (Å²) in [5.74, 6) is 5.04. The number of nitrogens with zero attached hydrogens (tertiary/aromatic N) is 1. The minimum atomic E-state index is -0.376. The third-order valence-corrected chi connectivity index (χ3v) is 3.30. The molecule has 0 aromatic carbocycles. The summed E-state index contributed by atoms with van der Waals surface area (Å²) < 4.78 is 5.05. The molecule has 6 heteroatoms. The van der Waals surface area contributed by atoms with Gasteiger partial charge in [-0.05, 0) is 24.6 Å². The number of carbonyl (C=O) groups is 1. The van der Waals surface area contributed by atoms with Crippen LogP contribution in [0.2, 0.25) is 0 Å². The van der Waals surface area contributed by atoms with Crippen molar-refractivity contribution in [3.63, 3.8) is 0 Å². The SMILES string of the molecule is CCOC(=O)c1c(-c2ccncc2)csc1NN. The number of carbonyl (C=O) groups excluding carboxylic acids is 1.